The normalized spacial score (nSPS) is 12.0. The number of benzene rings is 1. The maximum absolute atomic E-state index is 11.6. The molecule has 0 heterocycles. The molecule has 1 aromatic carbocycles. The average molecular weight is 300 g/mol. The summed E-state index contributed by atoms with van der Waals surface area (Å²) in [5, 5.41) is 6.48. The number of methoxy groups -OCH3 is 1. The van der Waals surface area contributed by atoms with Gasteiger partial charge in [0.25, 0.3) is 5.91 Å². The number of hydrogen-bond acceptors (Lipinski definition) is 4. The molecule has 112 valence electrons. The Morgan fingerprint density at radius 1 is 1.50 bits per heavy atom. The van der Waals surface area contributed by atoms with Crippen LogP contribution in [0, 0.1) is 0 Å². The van der Waals surface area contributed by atoms with Gasteiger partial charge >= 0.3 is 0 Å². The molecule has 0 radical (unpaired) electrons. The van der Waals surface area contributed by atoms with Crippen molar-refractivity contribution in [2.75, 3.05) is 32.6 Å². The van der Waals surface area contributed by atoms with Crippen molar-refractivity contribution in [1.82, 2.24) is 5.32 Å². The number of amides is 1. The Labute approximate surface area is 124 Å². The fourth-order valence-electron chi connectivity index (χ4n) is 1.90. The SMILES string of the molecule is CNC(=O)c1ccc(Cl)c(NC(CCCN)COC)c1. The molecule has 0 spiro atoms. The van der Waals surface area contributed by atoms with E-state index in [-0.39, 0.29) is 11.9 Å². The Morgan fingerprint density at radius 2 is 2.25 bits per heavy atom. The second kappa shape index (κ2) is 8.79. The highest BCUT2D eigenvalue weighted by atomic mass is 35.5. The van der Waals surface area contributed by atoms with Gasteiger partial charge in [0, 0.05) is 25.8 Å². The van der Waals surface area contributed by atoms with Gasteiger partial charge in [0.1, 0.15) is 0 Å². The van der Waals surface area contributed by atoms with E-state index in [4.69, 9.17) is 22.1 Å². The fraction of sp³-hybridized carbons (Fsp3) is 0.500. The number of anilines is 1. The Kier molecular flexibility index (Phi) is 7.36. The van der Waals surface area contributed by atoms with Gasteiger partial charge in [0.05, 0.1) is 17.3 Å². The van der Waals surface area contributed by atoms with Crippen LogP contribution in [0.5, 0.6) is 0 Å². The molecule has 5 nitrogen and oxygen atoms in total. The van der Waals surface area contributed by atoms with Gasteiger partial charge in [0.15, 0.2) is 0 Å². The van der Waals surface area contributed by atoms with Gasteiger partial charge < -0.3 is 21.1 Å². The molecule has 0 saturated carbocycles. The van der Waals surface area contributed by atoms with Crippen molar-refractivity contribution >= 4 is 23.2 Å². The number of nitrogens with two attached hydrogens (primary N) is 1. The van der Waals surface area contributed by atoms with Crippen LogP contribution in [0.1, 0.15) is 23.2 Å². The molecule has 6 heteroatoms. The molecule has 0 fully saturated rings. The largest absolute Gasteiger partial charge is 0.383 e. The molecule has 0 aliphatic rings. The number of carbonyl (C=O) groups is 1. The van der Waals surface area contributed by atoms with Gasteiger partial charge in [-0.05, 0) is 37.6 Å². The van der Waals surface area contributed by atoms with Crippen LogP contribution in [0.4, 0.5) is 5.69 Å². The highest BCUT2D eigenvalue weighted by Gasteiger charge is 2.12. The van der Waals surface area contributed by atoms with E-state index in [0.29, 0.717) is 23.7 Å². The highest BCUT2D eigenvalue weighted by Crippen LogP contribution is 2.24. The lowest BCUT2D eigenvalue weighted by atomic mass is 10.1. The van der Waals surface area contributed by atoms with E-state index in [2.05, 4.69) is 10.6 Å². The summed E-state index contributed by atoms with van der Waals surface area (Å²) in [5.41, 5.74) is 6.82. The third-order valence-corrected chi connectivity index (χ3v) is 3.27. The second-order valence-corrected chi connectivity index (χ2v) is 4.91. The quantitative estimate of drug-likeness (QED) is 0.685. The minimum absolute atomic E-state index is 0.112. The summed E-state index contributed by atoms with van der Waals surface area (Å²) >= 11 is 6.16. The molecule has 0 aromatic heterocycles. The van der Waals surface area contributed by atoms with Crippen molar-refractivity contribution in [3.05, 3.63) is 28.8 Å². The number of ether oxygens (including phenoxy) is 1. The van der Waals surface area contributed by atoms with Crippen molar-refractivity contribution in [2.45, 2.75) is 18.9 Å². The van der Waals surface area contributed by atoms with E-state index in [1.54, 1.807) is 32.4 Å². The van der Waals surface area contributed by atoms with Gasteiger partial charge in [-0.2, -0.15) is 0 Å². The predicted octanol–water partition coefficient (Wildman–Crippen LogP) is 1.87. The van der Waals surface area contributed by atoms with Crippen LogP contribution < -0.4 is 16.4 Å². The van der Waals surface area contributed by atoms with Gasteiger partial charge in [-0.1, -0.05) is 11.6 Å². The van der Waals surface area contributed by atoms with E-state index < -0.39 is 0 Å². The predicted molar refractivity (Wildman–Crippen MR) is 82.4 cm³/mol. The standard InChI is InChI=1S/C14H22ClN3O2/c1-17-14(19)10-5-6-12(15)13(8-10)18-11(9-20-2)4-3-7-16/h5-6,8,11,18H,3-4,7,9,16H2,1-2H3,(H,17,19). The summed E-state index contributed by atoms with van der Waals surface area (Å²) in [6.45, 7) is 1.19. The highest BCUT2D eigenvalue weighted by molar-refractivity contribution is 6.33. The molecule has 1 atom stereocenters. The van der Waals surface area contributed by atoms with Crippen molar-refractivity contribution in [1.29, 1.82) is 0 Å². The van der Waals surface area contributed by atoms with Gasteiger partial charge in [-0.25, -0.2) is 0 Å². The number of hydrogen-bond donors (Lipinski definition) is 3. The van der Waals surface area contributed by atoms with Crippen LogP contribution in [0.25, 0.3) is 0 Å². The first-order chi connectivity index (χ1) is 9.62. The molecule has 1 rings (SSSR count). The smallest absolute Gasteiger partial charge is 0.251 e. The summed E-state index contributed by atoms with van der Waals surface area (Å²) in [7, 11) is 3.25. The summed E-state index contributed by atoms with van der Waals surface area (Å²) < 4.78 is 5.19. The molecule has 20 heavy (non-hydrogen) atoms. The maximum Gasteiger partial charge on any atom is 0.251 e. The number of halogens is 1. The lowest BCUT2D eigenvalue weighted by molar-refractivity contribution is 0.0963. The van der Waals surface area contributed by atoms with Crippen LogP contribution in [0.15, 0.2) is 18.2 Å². The van der Waals surface area contributed by atoms with Gasteiger partial charge in [0.2, 0.25) is 0 Å². The topological polar surface area (TPSA) is 76.4 Å². The average Bonchev–Trinajstić information content (AvgIpc) is 2.46. The summed E-state index contributed by atoms with van der Waals surface area (Å²) in [5.74, 6) is -0.144. The monoisotopic (exact) mass is 299 g/mol. The third-order valence-electron chi connectivity index (χ3n) is 2.94. The van der Waals surface area contributed by atoms with Crippen molar-refractivity contribution < 1.29 is 9.53 Å². The molecular formula is C14H22ClN3O2. The van der Waals surface area contributed by atoms with E-state index in [9.17, 15) is 4.79 Å². The van der Waals surface area contributed by atoms with Crippen molar-refractivity contribution in [3.8, 4) is 0 Å². The molecule has 0 aliphatic heterocycles. The first-order valence-electron chi connectivity index (χ1n) is 6.59. The van der Waals surface area contributed by atoms with Crippen LogP contribution in [0.3, 0.4) is 0 Å². The van der Waals surface area contributed by atoms with Gasteiger partial charge in [-0.15, -0.1) is 0 Å². The van der Waals surface area contributed by atoms with Crippen LogP contribution >= 0.6 is 11.6 Å². The molecule has 1 unspecified atom stereocenters. The zero-order valence-corrected chi connectivity index (χ0v) is 12.7. The molecular weight excluding hydrogens is 278 g/mol. The Balaban J connectivity index is 2.84. The lowest BCUT2D eigenvalue weighted by Gasteiger charge is -2.20. The number of carbonyl (C=O) groups excluding carboxylic acids is 1. The van der Waals surface area contributed by atoms with Crippen LogP contribution in [0.2, 0.25) is 5.02 Å². The van der Waals surface area contributed by atoms with E-state index in [0.717, 1.165) is 18.5 Å². The van der Waals surface area contributed by atoms with Crippen LogP contribution in [-0.2, 0) is 4.74 Å². The van der Waals surface area contributed by atoms with Crippen LogP contribution in [-0.4, -0.2) is 39.3 Å². The van der Waals surface area contributed by atoms with Gasteiger partial charge in [-0.3, -0.25) is 4.79 Å². The summed E-state index contributed by atoms with van der Waals surface area (Å²) in [6, 6.07) is 5.26. The number of nitrogens with one attached hydrogen (secondary N) is 2. The minimum atomic E-state index is -0.144. The fourth-order valence-corrected chi connectivity index (χ4v) is 2.08. The Hall–Kier alpha value is -1.30. The molecule has 0 saturated heterocycles. The third kappa shape index (κ3) is 5.00. The van der Waals surface area contributed by atoms with E-state index in [1.807, 2.05) is 0 Å². The molecule has 4 N–H and O–H groups in total. The second-order valence-electron chi connectivity index (χ2n) is 4.50. The summed E-state index contributed by atoms with van der Waals surface area (Å²) in [6.07, 6.45) is 1.78. The molecule has 1 amide bonds. The molecule has 1 aromatic rings. The van der Waals surface area contributed by atoms with Crippen molar-refractivity contribution in [2.24, 2.45) is 5.73 Å². The molecule has 0 aliphatic carbocycles. The van der Waals surface area contributed by atoms with Crippen molar-refractivity contribution in [3.63, 3.8) is 0 Å². The van der Waals surface area contributed by atoms with E-state index >= 15 is 0 Å². The minimum Gasteiger partial charge on any atom is -0.383 e. The maximum atomic E-state index is 11.6. The zero-order valence-electron chi connectivity index (χ0n) is 11.9. The Bertz CT molecular complexity index is 440. The number of rotatable bonds is 8. The molecule has 0 bridgehead atoms. The lowest BCUT2D eigenvalue weighted by Crippen LogP contribution is -2.26. The first kappa shape index (κ1) is 16.8. The zero-order chi connectivity index (χ0) is 15.0. The van der Waals surface area contributed by atoms with E-state index in [1.165, 1.54) is 0 Å². The Morgan fingerprint density at radius 3 is 2.85 bits per heavy atom. The first-order valence-corrected chi connectivity index (χ1v) is 6.97. The summed E-state index contributed by atoms with van der Waals surface area (Å²) in [4.78, 5) is 11.6.